The van der Waals surface area contributed by atoms with Gasteiger partial charge >= 0.3 is 0 Å². The third-order valence-corrected chi connectivity index (χ3v) is 3.83. The molecule has 0 aliphatic heterocycles. The molecule has 1 aliphatic carbocycles. The lowest BCUT2D eigenvalue weighted by atomic mass is 9.88. The van der Waals surface area contributed by atoms with E-state index in [2.05, 4.69) is 10.3 Å². The second kappa shape index (κ2) is 5.48. The Hall–Kier alpha value is -1.42. The highest BCUT2D eigenvalue weighted by atomic mass is 16.1. The summed E-state index contributed by atoms with van der Waals surface area (Å²) in [5.74, 6) is -0.346. The van der Waals surface area contributed by atoms with E-state index in [1.807, 2.05) is 19.1 Å². The number of nitrogens with one attached hydrogen (secondary N) is 1. The number of amides is 1. The van der Waals surface area contributed by atoms with Crippen LogP contribution in [0.25, 0.3) is 0 Å². The van der Waals surface area contributed by atoms with E-state index in [9.17, 15) is 4.79 Å². The number of hydrogen-bond donors (Lipinski definition) is 2. The van der Waals surface area contributed by atoms with E-state index in [4.69, 9.17) is 5.73 Å². The molecule has 1 saturated carbocycles. The Morgan fingerprint density at radius 3 is 2.72 bits per heavy atom. The second-order valence-corrected chi connectivity index (χ2v) is 5.21. The van der Waals surface area contributed by atoms with Crippen LogP contribution in [0.3, 0.4) is 0 Å². The lowest BCUT2D eigenvalue weighted by Gasteiger charge is -2.34. The highest BCUT2D eigenvalue weighted by Crippen LogP contribution is 2.25. The smallest absolute Gasteiger partial charge is 0.242 e. The van der Waals surface area contributed by atoms with Gasteiger partial charge in [0.05, 0.1) is 0 Å². The summed E-state index contributed by atoms with van der Waals surface area (Å²) in [6.45, 7) is 1.85. The molecular formula is C14H21N3O. The molecule has 1 unspecified atom stereocenters. The van der Waals surface area contributed by atoms with E-state index in [0.29, 0.717) is 6.04 Å². The van der Waals surface area contributed by atoms with Gasteiger partial charge in [0.1, 0.15) is 5.54 Å². The van der Waals surface area contributed by atoms with Gasteiger partial charge in [0.15, 0.2) is 0 Å². The molecule has 0 spiro atoms. The van der Waals surface area contributed by atoms with Crippen molar-refractivity contribution in [1.82, 2.24) is 10.3 Å². The van der Waals surface area contributed by atoms with Crippen LogP contribution in [0, 0.1) is 0 Å². The Labute approximate surface area is 108 Å². The molecule has 0 bridgehead atoms. The van der Waals surface area contributed by atoms with Crippen LogP contribution in [0.1, 0.15) is 44.6 Å². The van der Waals surface area contributed by atoms with E-state index in [1.54, 1.807) is 12.4 Å². The molecule has 4 heteroatoms. The van der Waals surface area contributed by atoms with Gasteiger partial charge in [-0.3, -0.25) is 15.1 Å². The maximum atomic E-state index is 11.8. The molecule has 1 fully saturated rings. The number of nitrogens with two attached hydrogens (primary N) is 1. The average Bonchev–Trinajstić information content (AvgIpc) is 2.40. The zero-order valence-corrected chi connectivity index (χ0v) is 10.9. The van der Waals surface area contributed by atoms with Crippen molar-refractivity contribution < 1.29 is 4.79 Å². The fraction of sp³-hybridized carbons (Fsp3) is 0.571. The number of nitrogens with zero attached hydrogens (tertiary/aromatic N) is 1. The molecule has 4 nitrogen and oxygen atoms in total. The van der Waals surface area contributed by atoms with Gasteiger partial charge in [0.25, 0.3) is 0 Å². The first-order chi connectivity index (χ1) is 8.63. The zero-order chi connectivity index (χ0) is 13.0. The van der Waals surface area contributed by atoms with Crippen LogP contribution in [-0.4, -0.2) is 16.9 Å². The fourth-order valence-corrected chi connectivity index (χ4v) is 2.61. The van der Waals surface area contributed by atoms with E-state index < -0.39 is 5.54 Å². The summed E-state index contributed by atoms with van der Waals surface area (Å²) in [5.41, 5.74) is 5.60. The van der Waals surface area contributed by atoms with Gasteiger partial charge in [-0.05, 0) is 31.4 Å². The van der Waals surface area contributed by atoms with Gasteiger partial charge in [-0.15, -0.1) is 0 Å². The molecule has 1 amide bonds. The van der Waals surface area contributed by atoms with Gasteiger partial charge in [-0.25, -0.2) is 0 Å². The summed E-state index contributed by atoms with van der Waals surface area (Å²) in [5, 5.41) is 3.43. The summed E-state index contributed by atoms with van der Waals surface area (Å²) in [4.78, 5) is 15.9. The quantitative estimate of drug-likeness (QED) is 0.851. The van der Waals surface area contributed by atoms with Crippen molar-refractivity contribution in [2.45, 2.75) is 50.6 Å². The van der Waals surface area contributed by atoms with Gasteiger partial charge in [-0.2, -0.15) is 0 Å². The summed E-state index contributed by atoms with van der Waals surface area (Å²) < 4.78 is 0. The first kappa shape index (κ1) is 13.0. The molecule has 0 aromatic carbocycles. The largest absolute Gasteiger partial charge is 0.368 e. The maximum absolute atomic E-state index is 11.8. The third-order valence-electron chi connectivity index (χ3n) is 3.83. The lowest BCUT2D eigenvalue weighted by Crippen LogP contribution is -2.54. The number of hydrogen-bond acceptors (Lipinski definition) is 3. The number of rotatable bonds is 4. The Morgan fingerprint density at radius 1 is 1.44 bits per heavy atom. The highest BCUT2D eigenvalue weighted by Gasteiger charge is 2.35. The van der Waals surface area contributed by atoms with Crippen molar-refractivity contribution in [1.29, 1.82) is 0 Å². The molecule has 2 rings (SSSR count). The van der Waals surface area contributed by atoms with Crippen molar-refractivity contribution in [3.05, 3.63) is 30.1 Å². The van der Waals surface area contributed by atoms with Crippen LogP contribution in [-0.2, 0) is 10.3 Å². The SMILES string of the molecule is CC(NC1CCCCC1)(C(N)=O)c1cccnc1. The minimum atomic E-state index is -0.823. The molecule has 18 heavy (non-hydrogen) atoms. The van der Waals surface area contributed by atoms with Crippen LogP contribution < -0.4 is 11.1 Å². The standard InChI is InChI=1S/C14H21N3O/c1-14(13(15)18,11-6-5-9-16-10-11)17-12-7-3-2-4-8-12/h5-6,9-10,12,17H,2-4,7-8H2,1H3,(H2,15,18). The van der Waals surface area contributed by atoms with Crippen LogP contribution in [0.5, 0.6) is 0 Å². The van der Waals surface area contributed by atoms with Crippen LogP contribution >= 0.6 is 0 Å². The number of primary amides is 1. The first-order valence-electron chi connectivity index (χ1n) is 6.61. The monoisotopic (exact) mass is 247 g/mol. The van der Waals surface area contributed by atoms with Gasteiger partial charge in [0.2, 0.25) is 5.91 Å². The van der Waals surface area contributed by atoms with Crippen LogP contribution in [0.15, 0.2) is 24.5 Å². The fourth-order valence-electron chi connectivity index (χ4n) is 2.61. The maximum Gasteiger partial charge on any atom is 0.242 e. The van der Waals surface area contributed by atoms with E-state index in [0.717, 1.165) is 18.4 Å². The van der Waals surface area contributed by atoms with E-state index in [-0.39, 0.29) is 5.91 Å². The predicted molar refractivity (Wildman–Crippen MR) is 70.8 cm³/mol. The van der Waals surface area contributed by atoms with Crippen LogP contribution in [0.4, 0.5) is 0 Å². The van der Waals surface area contributed by atoms with E-state index >= 15 is 0 Å². The Balaban J connectivity index is 2.19. The van der Waals surface area contributed by atoms with Crippen LogP contribution in [0.2, 0.25) is 0 Å². The molecule has 1 aromatic heterocycles. The number of carbonyl (C=O) groups excluding carboxylic acids is 1. The Morgan fingerprint density at radius 2 is 2.17 bits per heavy atom. The molecule has 98 valence electrons. The average molecular weight is 247 g/mol. The number of aromatic nitrogens is 1. The first-order valence-corrected chi connectivity index (χ1v) is 6.61. The second-order valence-electron chi connectivity index (χ2n) is 5.21. The van der Waals surface area contributed by atoms with Gasteiger partial charge < -0.3 is 5.73 Å². The Kier molecular flexibility index (Phi) is 3.97. The molecule has 3 N–H and O–H groups in total. The summed E-state index contributed by atoms with van der Waals surface area (Å²) in [6.07, 6.45) is 9.37. The van der Waals surface area contributed by atoms with Crippen molar-refractivity contribution >= 4 is 5.91 Å². The van der Waals surface area contributed by atoms with Gasteiger partial charge in [-0.1, -0.05) is 25.3 Å². The third kappa shape index (κ3) is 2.70. The lowest BCUT2D eigenvalue weighted by molar-refractivity contribution is -0.124. The summed E-state index contributed by atoms with van der Waals surface area (Å²) in [6, 6.07) is 4.10. The minimum absolute atomic E-state index is 0.346. The summed E-state index contributed by atoms with van der Waals surface area (Å²) >= 11 is 0. The molecule has 1 heterocycles. The predicted octanol–water partition coefficient (Wildman–Crippen LogP) is 1.70. The number of carbonyl (C=O) groups is 1. The van der Waals surface area contributed by atoms with Crippen molar-refractivity contribution in [2.75, 3.05) is 0 Å². The van der Waals surface area contributed by atoms with E-state index in [1.165, 1.54) is 19.3 Å². The molecule has 0 radical (unpaired) electrons. The highest BCUT2D eigenvalue weighted by molar-refractivity contribution is 5.85. The zero-order valence-electron chi connectivity index (χ0n) is 10.9. The Bertz CT molecular complexity index is 401. The van der Waals surface area contributed by atoms with Crippen molar-refractivity contribution in [2.24, 2.45) is 5.73 Å². The minimum Gasteiger partial charge on any atom is -0.368 e. The topological polar surface area (TPSA) is 68.0 Å². The molecule has 1 aliphatic rings. The molecular weight excluding hydrogens is 226 g/mol. The number of pyridine rings is 1. The van der Waals surface area contributed by atoms with Gasteiger partial charge in [0, 0.05) is 18.4 Å². The normalized spacial score (nSPS) is 20.3. The molecule has 1 atom stereocenters. The van der Waals surface area contributed by atoms with Crippen molar-refractivity contribution in [3.8, 4) is 0 Å². The molecule has 1 aromatic rings. The summed E-state index contributed by atoms with van der Waals surface area (Å²) in [7, 11) is 0. The van der Waals surface area contributed by atoms with Crippen molar-refractivity contribution in [3.63, 3.8) is 0 Å². The molecule has 0 saturated heterocycles.